The van der Waals surface area contributed by atoms with Crippen molar-refractivity contribution in [2.24, 2.45) is 0 Å². The molecule has 0 bridgehead atoms. The molecule has 0 amide bonds. The average Bonchev–Trinajstić information content (AvgIpc) is 2.35. The van der Waals surface area contributed by atoms with Gasteiger partial charge in [-0.25, -0.2) is 21.6 Å². The maximum Gasteiger partial charge on any atom is 0.242 e. The van der Waals surface area contributed by atoms with Crippen molar-refractivity contribution in [3.63, 3.8) is 0 Å². The Bertz CT molecular complexity index is 726. The summed E-state index contributed by atoms with van der Waals surface area (Å²) in [5, 5.41) is 9.74. The van der Waals surface area contributed by atoms with Crippen LogP contribution in [0.1, 0.15) is 20.3 Å². The minimum atomic E-state index is -4.02. The van der Waals surface area contributed by atoms with Gasteiger partial charge < -0.3 is 5.11 Å². The quantitative estimate of drug-likeness (QED) is 0.798. The number of hydrogen-bond donors (Lipinski definition) is 2. The van der Waals surface area contributed by atoms with E-state index in [4.69, 9.17) is 11.6 Å². The van der Waals surface area contributed by atoms with Gasteiger partial charge in [0.25, 0.3) is 0 Å². The molecule has 0 heterocycles. The molecule has 0 radical (unpaired) electrons. The van der Waals surface area contributed by atoms with E-state index in [2.05, 4.69) is 4.72 Å². The molecule has 0 aromatic heterocycles. The van der Waals surface area contributed by atoms with Crippen LogP contribution in [0.5, 0.6) is 0 Å². The zero-order chi connectivity index (χ0) is 16.5. The van der Waals surface area contributed by atoms with E-state index in [-0.39, 0.29) is 21.4 Å². The molecule has 2 N–H and O–H groups in total. The van der Waals surface area contributed by atoms with Crippen molar-refractivity contribution in [3.05, 3.63) is 23.2 Å². The van der Waals surface area contributed by atoms with Crippen molar-refractivity contribution < 1.29 is 21.9 Å². The smallest absolute Gasteiger partial charge is 0.242 e. The minimum absolute atomic E-state index is 0.0916. The number of aliphatic hydroxyl groups is 1. The van der Waals surface area contributed by atoms with Crippen molar-refractivity contribution in [1.82, 2.24) is 4.72 Å². The van der Waals surface area contributed by atoms with E-state index >= 15 is 0 Å². The van der Waals surface area contributed by atoms with Gasteiger partial charge in [0.15, 0.2) is 9.84 Å². The highest BCUT2D eigenvalue weighted by molar-refractivity contribution is 7.91. The molecule has 0 aliphatic rings. The van der Waals surface area contributed by atoms with E-state index in [0.717, 1.165) is 12.3 Å². The molecule has 9 heteroatoms. The normalized spacial score (nSPS) is 15.7. The van der Waals surface area contributed by atoms with Crippen molar-refractivity contribution in [3.8, 4) is 0 Å². The number of halogens is 1. The van der Waals surface area contributed by atoms with Gasteiger partial charge in [-0.05, 0) is 31.5 Å². The highest BCUT2D eigenvalue weighted by atomic mass is 35.5. The number of sulfonamides is 1. The maximum absolute atomic E-state index is 12.2. The summed E-state index contributed by atoms with van der Waals surface area (Å²) in [5.74, 6) is 0. The summed E-state index contributed by atoms with van der Waals surface area (Å²) in [5.41, 5.74) is -1.20. The first kappa shape index (κ1) is 18.4. The van der Waals surface area contributed by atoms with E-state index < -0.39 is 25.5 Å². The third-order valence-corrected chi connectivity index (χ3v) is 6.02. The molecule has 1 rings (SSSR count). The van der Waals surface area contributed by atoms with E-state index in [1.807, 2.05) is 0 Å². The van der Waals surface area contributed by atoms with Gasteiger partial charge >= 0.3 is 0 Å². The largest absolute Gasteiger partial charge is 0.389 e. The Balaban J connectivity index is 3.20. The molecule has 0 spiro atoms. The van der Waals surface area contributed by atoms with Gasteiger partial charge in [-0.3, -0.25) is 0 Å². The number of hydrogen-bond acceptors (Lipinski definition) is 5. The third kappa shape index (κ3) is 4.93. The molecule has 1 aromatic rings. The first-order valence-corrected chi connectivity index (χ1v) is 9.86. The van der Waals surface area contributed by atoms with Crippen LogP contribution in [0, 0.1) is 0 Å². The van der Waals surface area contributed by atoms with Gasteiger partial charge in [-0.2, -0.15) is 0 Å². The van der Waals surface area contributed by atoms with Crippen LogP contribution in [0.25, 0.3) is 0 Å². The SMILES string of the molecule is CCC(C)(O)CNS(=O)(=O)c1cc(S(C)(=O)=O)ccc1Cl. The van der Waals surface area contributed by atoms with Crippen LogP contribution in [0.15, 0.2) is 28.0 Å². The van der Waals surface area contributed by atoms with Gasteiger partial charge in [0.05, 0.1) is 15.5 Å². The second-order valence-electron chi connectivity index (χ2n) is 5.04. The summed E-state index contributed by atoms with van der Waals surface area (Å²) in [6.07, 6.45) is 1.33. The van der Waals surface area contributed by atoms with E-state index in [1.165, 1.54) is 19.1 Å². The van der Waals surface area contributed by atoms with Gasteiger partial charge in [0.2, 0.25) is 10.0 Å². The Morgan fingerprint density at radius 2 is 1.86 bits per heavy atom. The lowest BCUT2D eigenvalue weighted by Crippen LogP contribution is -2.40. The van der Waals surface area contributed by atoms with Gasteiger partial charge in [-0.1, -0.05) is 18.5 Å². The molecule has 0 aliphatic carbocycles. The lowest BCUT2D eigenvalue weighted by atomic mass is 10.1. The zero-order valence-corrected chi connectivity index (χ0v) is 14.3. The number of sulfone groups is 1. The summed E-state index contributed by atoms with van der Waals surface area (Å²) < 4.78 is 49.6. The highest BCUT2D eigenvalue weighted by Crippen LogP contribution is 2.25. The summed E-state index contributed by atoms with van der Waals surface area (Å²) in [4.78, 5) is -0.478. The highest BCUT2D eigenvalue weighted by Gasteiger charge is 2.25. The van der Waals surface area contributed by atoms with E-state index in [1.54, 1.807) is 6.92 Å². The number of nitrogens with one attached hydrogen (secondary N) is 1. The fourth-order valence-electron chi connectivity index (χ4n) is 1.37. The Kier molecular flexibility index (Phi) is 5.44. The summed E-state index contributed by atoms with van der Waals surface area (Å²) in [6.45, 7) is 3.00. The van der Waals surface area contributed by atoms with Gasteiger partial charge in [0, 0.05) is 12.8 Å². The zero-order valence-electron chi connectivity index (χ0n) is 11.9. The molecule has 1 atom stereocenters. The van der Waals surface area contributed by atoms with Crippen LogP contribution >= 0.6 is 11.6 Å². The predicted molar refractivity (Wildman–Crippen MR) is 80.7 cm³/mol. The Morgan fingerprint density at radius 1 is 1.29 bits per heavy atom. The fourth-order valence-corrected chi connectivity index (χ4v) is 3.78. The molecule has 1 aromatic carbocycles. The third-order valence-electron chi connectivity index (χ3n) is 3.03. The second kappa shape index (κ2) is 6.21. The molecule has 0 saturated carbocycles. The molecular formula is C12H18ClNO5S2. The summed E-state index contributed by atoms with van der Waals surface area (Å²) in [6, 6.07) is 3.45. The number of rotatable bonds is 6. The first-order valence-electron chi connectivity index (χ1n) is 6.11. The summed E-state index contributed by atoms with van der Waals surface area (Å²) in [7, 11) is -7.57. The van der Waals surface area contributed by atoms with Crippen LogP contribution in [0.3, 0.4) is 0 Å². The Hall–Kier alpha value is -0.670. The van der Waals surface area contributed by atoms with Crippen molar-refractivity contribution >= 4 is 31.5 Å². The van der Waals surface area contributed by atoms with E-state index in [9.17, 15) is 21.9 Å². The second-order valence-corrected chi connectivity index (χ2v) is 9.20. The Morgan fingerprint density at radius 3 is 2.33 bits per heavy atom. The van der Waals surface area contributed by atoms with Crippen molar-refractivity contribution in [2.75, 3.05) is 12.8 Å². The molecule has 0 saturated heterocycles. The van der Waals surface area contributed by atoms with Gasteiger partial charge in [0.1, 0.15) is 4.90 Å². The maximum atomic E-state index is 12.2. The van der Waals surface area contributed by atoms with Crippen molar-refractivity contribution in [2.45, 2.75) is 35.7 Å². The molecule has 0 aliphatic heterocycles. The predicted octanol–water partition coefficient (Wildman–Crippen LogP) is 1.18. The van der Waals surface area contributed by atoms with Crippen LogP contribution in [-0.2, 0) is 19.9 Å². The molecule has 0 fully saturated rings. The van der Waals surface area contributed by atoms with Crippen LogP contribution in [0.2, 0.25) is 5.02 Å². The Labute approximate surface area is 130 Å². The molecular weight excluding hydrogens is 338 g/mol. The molecule has 1 unspecified atom stereocenters. The monoisotopic (exact) mass is 355 g/mol. The van der Waals surface area contributed by atoms with Crippen LogP contribution in [-0.4, -0.2) is 40.3 Å². The van der Waals surface area contributed by atoms with Crippen LogP contribution in [0.4, 0.5) is 0 Å². The van der Waals surface area contributed by atoms with Gasteiger partial charge in [-0.15, -0.1) is 0 Å². The average molecular weight is 356 g/mol. The minimum Gasteiger partial charge on any atom is -0.389 e. The van der Waals surface area contributed by atoms with Crippen LogP contribution < -0.4 is 4.72 Å². The van der Waals surface area contributed by atoms with Crippen molar-refractivity contribution in [1.29, 1.82) is 0 Å². The topological polar surface area (TPSA) is 101 Å². The fraction of sp³-hybridized carbons (Fsp3) is 0.500. The lowest BCUT2D eigenvalue weighted by Gasteiger charge is -2.21. The standard InChI is InChI=1S/C12H18ClNO5S2/c1-4-12(2,15)8-14-21(18,19)11-7-9(20(3,16)17)5-6-10(11)13/h5-7,14-15H,4,8H2,1-3H3. The van der Waals surface area contributed by atoms with E-state index in [0.29, 0.717) is 6.42 Å². The molecule has 6 nitrogen and oxygen atoms in total. The summed E-state index contributed by atoms with van der Waals surface area (Å²) >= 11 is 5.84. The first-order chi connectivity index (χ1) is 9.39. The molecule has 21 heavy (non-hydrogen) atoms. The molecule has 120 valence electrons. The lowest BCUT2D eigenvalue weighted by molar-refractivity contribution is 0.0613. The number of benzene rings is 1.